The van der Waals surface area contributed by atoms with Crippen molar-refractivity contribution in [1.29, 1.82) is 0 Å². The van der Waals surface area contributed by atoms with E-state index >= 15 is 0 Å². The summed E-state index contributed by atoms with van der Waals surface area (Å²) in [5.41, 5.74) is 13.5. The zero-order valence-corrected chi connectivity index (χ0v) is 11.4. The number of nitrogens with zero attached hydrogens (tertiary/aromatic N) is 4. The van der Waals surface area contributed by atoms with Crippen LogP contribution in [0.2, 0.25) is 0 Å². The quantitative estimate of drug-likeness (QED) is 0.276. The first kappa shape index (κ1) is 12.8. The Morgan fingerprint density at radius 1 is 1.17 bits per heavy atom. The monoisotopic (exact) mass is 328 g/mol. The highest BCUT2D eigenvalue weighted by atomic mass is 79.9. The van der Waals surface area contributed by atoms with Gasteiger partial charge in [-0.1, -0.05) is 0 Å². The first-order chi connectivity index (χ1) is 8.58. The Hall–Kier alpha value is -1.65. The molecule has 7 N–H and O–H groups in total. The molecule has 18 heavy (non-hydrogen) atoms. The normalized spacial score (nSPS) is 10.3. The summed E-state index contributed by atoms with van der Waals surface area (Å²) in [6.07, 6.45) is 1.57. The zero-order valence-electron chi connectivity index (χ0n) is 8.96. The van der Waals surface area contributed by atoms with Crippen LogP contribution >= 0.6 is 27.7 Å². The number of rotatable bonds is 3. The molecule has 8 nitrogen and oxygen atoms in total. The molecule has 2 aromatic heterocycles. The van der Waals surface area contributed by atoms with Gasteiger partial charge in [-0.05, 0) is 27.7 Å². The summed E-state index contributed by atoms with van der Waals surface area (Å²) in [6.45, 7) is 0. The van der Waals surface area contributed by atoms with Crippen molar-refractivity contribution < 1.29 is 0 Å². The summed E-state index contributed by atoms with van der Waals surface area (Å²) in [5.74, 6) is 6.13. The van der Waals surface area contributed by atoms with Crippen molar-refractivity contribution in [2.45, 2.75) is 10.2 Å². The van der Waals surface area contributed by atoms with Crippen LogP contribution in [0.25, 0.3) is 0 Å². The Kier molecular flexibility index (Phi) is 3.79. The fourth-order valence-corrected chi connectivity index (χ4v) is 2.28. The number of hydrogen-bond acceptors (Lipinski definition) is 9. The van der Waals surface area contributed by atoms with Crippen LogP contribution in [0, 0.1) is 0 Å². The molecular formula is C8H9BrN8S. The van der Waals surface area contributed by atoms with Crippen molar-refractivity contribution in [3.63, 3.8) is 0 Å². The second-order valence-corrected chi connectivity index (χ2v) is 4.90. The summed E-state index contributed by atoms with van der Waals surface area (Å²) >= 11 is 4.52. The molecule has 2 rings (SSSR count). The maximum atomic E-state index is 5.59. The van der Waals surface area contributed by atoms with E-state index in [1.807, 2.05) is 0 Å². The van der Waals surface area contributed by atoms with E-state index in [-0.39, 0.29) is 5.95 Å². The van der Waals surface area contributed by atoms with Crippen LogP contribution < -0.4 is 22.7 Å². The third-order valence-electron chi connectivity index (χ3n) is 1.77. The summed E-state index contributed by atoms with van der Waals surface area (Å²) in [4.78, 5) is 16.2. The second-order valence-electron chi connectivity index (χ2n) is 3.09. The van der Waals surface area contributed by atoms with Gasteiger partial charge in [-0.15, -0.1) is 0 Å². The van der Waals surface area contributed by atoms with Gasteiger partial charge < -0.3 is 11.5 Å². The van der Waals surface area contributed by atoms with E-state index in [1.54, 1.807) is 6.20 Å². The first-order valence-corrected chi connectivity index (χ1v) is 6.26. The van der Waals surface area contributed by atoms with Crippen molar-refractivity contribution in [3.05, 3.63) is 16.7 Å². The van der Waals surface area contributed by atoms with Crippen LogP contribution in [0.5, 0.6) is 0 Å². The molecule has 0 atom stereocenters. The third-order valence-corrected chi connectivity index (χ3v) is 3.49. The standard InChI is InChI=1S/C8H9BrN8S/c9-3-2-13-7(17-12)16-6(3)18-8-14-4(10)1-5(11)15-8/h1-2H,12H2,(H,13,16,17)(H4,10,11,14,15). The van der Waals surface area contributed by atoms with E-state index < -0.39 is 0 Å². The molecule has 0 saturated carbocycles. The number of nitrogens with one attached hydrogen (secondary N) is 1. The van der Waals surface area contributed by atoms with E-state index in [1.165, 1.54) is 17.8 Å². The minimum Gasteiger partial charge on any atom is -0.383 e. The van der Waals surface area contributed by atoms with Crippen LogP contribution in [0.4, 0.5) is 17.6 Å². The van der Waals surface area contributed by atoms with E-state index in [4.69, 9.17) is 17.3 Å². The number of nitrogen functional groups attached to an aromatic ring is 3. The fraction of sp³-hybridized carbons (Fsp3) is 0. The Balaban J connectivity index is 2.33. The van der Waals surface area contributed by atoms with E-state index in [0.717, 1.165) is 0 Å². The summed E-state index contributed by atoms with van der Waals surface area (Å²) in [6, 6.07) is 1.48. The lowest BCUT2D eigenvalue weighted by atomic mass is 10.5. The van der Waals surface area contributed by atoms with Gasteiger partial charge in [0.15, 0.2) is 5.16 Å². The van der Waals surface area contributed by atoms with Gasteiger partial charge in [0.1, 0.15) is 16.7 Å². The summed E-state index contributed by atoms with van der Waals surface area (Å²) in [5, 5.41) is 0.998. The minimum atomic E-state index is 0.289. The molecule has 0 spiro atoms. The second kappa shape index (κ2) is 5.33. The van der Waals surface area contributed by atoms with Gasteiger partial charge >= 0.3 is 0 Å². The van der Waals surface area contributed by atoms with E-state index in [2.05, 4.69) is 41.3 Å². The van der Waals surface area contributed by atoms with Gasteiger partial charge in [0, 0.05) is 12.3 Å². The molecule has 0 aromatic carbocycles. The molecule has 2 heterocycles. The van der Waals surface area contributed by atoms with Crippen molar-refractivity contribution in [2.75, 3.05) is 16.9 Å². The first-order valence-electron chi connectivity index (χ1n) is 4.65. The SMILES string of the molecule is NNc1ncc(Br)c(Sc2nc(N)cc(N)n2)n1. The van der Waals surface area contributed by atoms with Gasteiger partial charge in [0.05, 0.1) is 4.47 Å². The summed E-state index contributed by atoms with van der Waals surface area (Å²) < 4.78 is 0.691. The average Bonchev–Trinajstić information content (AvgIpc) is 2.30. The van der Waals surface area contributed by atoms with Crippen molar-refractivity contribution in [2.24, 2.45) is 5.84 Å². The lowest BCUT2D eigenvalue weighted by Crippen LogP contribution is -2.10. The fourth-order valence-electron chi connectivity index (χ4n) is 1.09. The van der Waals surface area contributed by atoms with Crippen molar-refractivity contribution >= 4 is 45.3 Å². The highest BCUT2D eigenvalue weighted by Crippen LogP contribution is 2.30. The van der Waals surface area contributed by atoms with Gasteiger partial charge in [0.2, 0.25) is 5.95 Å². The number of anilines is 3. The molecule has 0 fully saturated rings. The van der Waals surface area contributed by atoms with Crippen molar-refractivity contribution in [3.8, 4) is 0 Å². The maximum absolute atomic E-state index is 5.59. The maximum Gasteiger partial charge on any atom is 0.238 e. The van der Waals surface area contributed by atoms with Crippen LogP contribution in [-0.2, 0) is 0 Å². The predicted octanol–water partition coefficient (Wildman–Crippen LogP) is 0.630. The number of halogens is 1. The van der Waals surface area contributed by atoms with Gasteiger partial charge in [-0.2, -0.15) is 0 Å². The number of hydrazine groups is 1. The minimum absolute atomic E-state index is 0.289. The molecular weight excluding hydrogens is 320 g/mol. The molecule has 0 aliphatic rings. The van der Waals surface area contributed by atoms with Gasteiger partial charge in [0.25, 0.3) is 0 Å². The lowest BCUT2D eigenvalue weighted by Gasteiger charge is -2.05. The zero-order chi connectivity index (χ0) is 13.1. The third kappa shape index (κ3) is 2.97. The number of nitrogens with two attached hydrogens (primary N) is 3. The Morgan fingerprint density at radius 3 is 2.44 bits per heavy atom. The number of aromatic nitrogens is 4. The van der Waals surface area contributed by atoms with E-state index in [0.29, 0.717) is 26.3 Å². The molecule has 0 bridgehead atoms. The molecule has 0 amide bonds. The van der Waals surface area contributed by atoms with Crippen LogP contribution in [-0.4, -0.2) is 19.9 Å². The van der Waals surface area contributed by atoms with Gasteiger partial charge in [-0.3, -0.25) is 5.43 Å². The molecule has 2 aromatic rings. The van der Waals surface area contributed by atoms with Crippen molar-refractivity contribution in [1.82, 2.24) is 19.9 Å². The van der Waals surface area contributed by atoms with Crippen LogP contribution in [0.15, 0.2) is 26.9 Å². The highest BCUT2D eigenvalue weighted by molar-refractivity contribution is 9.10. The molecule has 0 unspecified atom stereocenters. The molecule has 0 aliphatic carbocycles. The van der Waals surface area contributed by atoms with E-state index in [9.17, 15) is 0 Å². The van der Waals surface area contributed by atoms with Crippen LogP contribution in [0.3, 0.4) is 0 Å². The largest absolute Gasteiger partial charge is 0.383 e. The topological polar surface area (TPSA) is 142 Å². The van der Waals surface area contributed by atoms with Crippen LogP contribution in [0.1, 0.15) is 0 Å². The average molecular weight is 329 g/mol. The molecule has 0 radical (unpaired) electrons. The predicted molar refractivity (Wildman–Crippen MR) is 72.5 cm³/mol. The molecule has 0 saturated heterocycles. The summed E-state index contributed by atoms with van der Waals surface area (Å²) in [7, 11) is 0. The smallest absolute Gasteiger partial charge is 0.238 e. The molecule has 0 aliphatic heterocycles. The lowest BCUT2D eigenvalue weighted by molar-refractivity contribution is 0.963. The molecule has 94 valence electrons. The Morgan fingerprint density at radius 2 is 1.83 bits per heavy atom. The number of hydrogen-bond donors (Lipinski definition) is 4. The Bertz CT molecular complexity index is 557. The Labute approximate surface area is 115 Å². The molecule has 10 heteroatoms. The van der Waals surface area contributed by atoms with Gasteiger partial charge in [-0.25, -0.2) is 25.8 Å². The highest BCUT2D eigenvalue weighted by Gasteiger charge is 2.09.